The van der Waals surface area contributed by atoms with Crippen LogP contribution >= 0.6 is 23.4 Å². The second kappa shape index (κ2) is 7.46. The Morgan fingerprint density at radius 1 is 1.25 bits per heavy atom. The highest BCUT2D eigenvalue weighted by molar-refractivity contribution is 7.99. The van der Waals surface area contributed by atoms with Crippen LogP contribution in [-0.4, -0.2) is 26.4 Å². The number of rotatable bonds is 5. The molecule has 0 saturated heterocycles. The van der Waals surface area contributed by atoms with E-state index in [2.05, 4.69) is 15.5 Å². The van der Waals surface area contributed by atoms with Crippen molar-refractivity contribution in [3.63, 3.8) is 0 Å². The first-order chi connectivity index (χ1) is 11.6. The van der Waals surface area contributed by atoms with Crippen molar-refractivity contribution in [1.29, 1.82) is 0 Å². The van der Waals surface area contributed by atoms with Gasteiger partial charge in [0.2, 0.25) is 5.91 Å². The summed E-state index contributed by atoms with van der Waals surface area (Å²) in [6, 6.07) is 13.0. The molecule has 0 atom stereocenters. The zero-order valence-electron chi connectivity index (χ0n) is 12.3. The van der Waals surface area contributed by atoms with Gasteiger partial charge in [0.15, 0.2) is 5.16 Å². The Morgan fingerprint density at radius 3 is 2.88 bits per heavy atom. The van der Waals surface area contributed by atoms with Gasteiger partial charge in [-0.3, -0.25) is 9.36 Å². The van der Waals surface area contributed by atoms with Crippen LogP contribution in [0.5, 0.6) is 0 Å². The van der Waals surface area contributed by atoms with Crippen LogP contribution in [0, 0.1) is 5.82 Å². The fourth-order valence-electron chi connectivity index (χ4n) is 2.02. The lowest BCUT2D eigenvalue weighted by molar-refractivity contribution is -0.113. The molecule has 0 unspecified atom stereocenters. The standard InChI is InChI=1S/C16H12ClFN4OS/c17-11-3-1-6-14(7-11)22-10-19-21-16(22)24-9-15(23)20-13-5-2-4-12(18)8-13/h1-8,10H,9H2,(H,20,23). The Labute approximate surface area is 146 Å². The number of halogens is 2. The Morgan fingerprint density at radius 2 is 2.08 bits per heavy atom. The van der Waals surface area contributed by atoms with E-state index in [1.165, 1.54) is 30.0 Å². The van der Waals surface area contributed by atoms with Gasteiger partial charge in [-0.15, -0.1) is 10.2 Å². The molecular formula is C16H12ClFN4OS. The molecule has 3 aromatic rings. The number of benzene rings is 2. The van der Waals surface area contributed by atoms with Crippen molar-refractivity contribution >= 4 is 35.0 Å². The monoisotopic (exact) mass is 362 g/mol. The third-order valence-corrected chi connectivity index (χ3v) is 4.22. The summed E-state index contributed by atoms with van der Waals surface area (Å²) < 4.78 is 14.9. The number of nitrogens with one attached hydrogen (secondary N) is 1. The van der Waals surface area contributed by atoms with Crippen molar-refractivity contribution in [3.8, 4) is 5.69 Å². The van der Waals surface area contributed by atoms with E-state index in [0.717, 1.165) is 5.69 Å². The summed E-state index contributed by atoms with van der Waals surface area (Å²) in [5.74, 6) is -0.539. The Bertz CT molecular complexity index is 871. The predicted octanol–water partition coefficient (Wildman–Crippen LogP) is 3.79. The fraction of sp³-hybridized carbons (Fsp3) is 0.0625. The summed E-state index contributed by atoms with van der Waals surface area (Å²) in [7, 11) is 0. The number of hydrogen-bond acceptors (Lipinski definition) is 4. The number of anilines is 1. The van der Waals surface area contributed by atoms with Crippen molar-refractivity contribution in [2.24, 2.45) is 0 Å². The molecule has 0 bridgehead atoms. The molecule has 8 heteroatoms. The highest BCUT2D eigenvalue weighted by Gasteiger charge is 2.11. The molecule has 0 aliphatic rings. The first kappa shape index (κ1) is 16.5. The van der Waals surface area contributed by atoms with E-state index >= 15 is 0 Å². The summed E-state index contributed by atoms with van der Waals surface area (Å²) in [5.41, 5.74) is 1.22. The van der Waals surface area contributed by atoms with Crippen molar-refractivity contribution < 1.29 is 9.18 Å². The van der Waals surface area contributed by atoms with E-state index in [4.69, 9.17) is 11.6 Å². The van der Waals surface area contributed by atoms with E-state index in [1.807, 2.05) is 12.1 Å². The van der Waals surface area contributed by atoms with Gasteiger partial charge in [0.25, 0.3) is 0 Å². The molecule has 0 spiro atoms. The number of carbonyl (C=O) groups is 1. The van der Waals surface area contributed by atoms with Gasteiger partial charge in [0, 0.05) is 10.7 Å². The van der Waals surface area contributed by atoms with Crippen LogP contribution in [0.4, 0.5) is 10.1 Å². The topological polar surface area (TPSA) is 59.8 Å². The van der Waals surface area contributed by atoms with Gasteiger partial charge in [0.05, 0.1) is 11.4 Å². The first-order valence-corrected chi connectivity index (χ1v) is 8.32. The van der Waals surface area contributed by atoms with Crippen LogP contribution in [0.15, 0.2) is 60.0 Å². The van der Waals surface area contributed by atoms with Gasteiger partial charge < -0.3 is 5.32 Å². The molecule has 0 aliphatic carbocycles. The number of carbonyl (C=O) groups excluding carboxylic acids is 1. The van der Waals surface area contributed by atoms with E-state index < -0.39 is 5.82 Å². The van der Waals surface area contributed by atoms with E-state index in [-0.39, 0.29) is 11.7 Å². The second-order valence-corrected chi connectivity index (χ2v) is 6.19. The van der Waals surface area contributed by atoms with Crippen LogP contribution in [0.1, 0.15) is 0 Å². The molecule has 0 saturated carbocycles. The van der Waals surface area contributed by atoms with Gasteiger partial charge in [-0.25, -0.2) is 4.39 Å². The summed E-state index contributed by atoms with van der Waals surface area (Å²) in [6.07, 6.45) is 1.55. The minimum atomic E-state index is -0.402. The quantitative estimate of drug-likeness (QED) is 0.701. The number of nitrogens with zero attached hydrogens (tertiary/aromatic N) is 3. The molecule has 2 aromatic carbocycles. The molecule has 0 aliphatic heterocycles. The molecule has 3 rings (SSSR count). The van der Waals surface area contributed by atoms with Crippen molar-refractivity contribution in [2.45, 2.75) is 5.16 Å². The van der Waals surface area contributed by atoms with Gasteiger partial charge in [-0.05, 0) is 36.4 Å². The van der Waals surface area contributed by atoms with Crippen molar-refractivity contribution in [2.75, 3.05) is 11.1 Å². The maximum absolute atomic E-state index is 13.1. The highest BCUT2D eigenvalue weighted by atomic mass is 35.5. The SMILES string of the molecule is O=C(CSc1nncn1-c1cccc(Cl)c1)Nc1cccc(F)c1. The average Bonchev–Trinajstić information content (AvgIpc) is 3.01. The van der Waals surface area contributed by atoms with Crippen molar-refractivity contribution in [1.82, 2.24) is 14.8 Å². The lowest BCUT2D eigenvalue weighted by atomic mass is 10.3. The number of amides is 1. The third kappa shape index (κ3) is 4.12. The lowest BCUT2D eigenvalue weighted by Crippen LogP contribution is -2.14. The number of hydrogen-bond donors (Lipinski definition) is 1. The van der Waals surface area contributed by atoms with Gasteiger partial charge in [0.1, 0.15) is 12.1 Å². The van der Waals surface area contributed by atoms with Crippen LogP contribution in [-0.2, 0) is 4.79 Å². The largest absolute Gasteiger partial charge is 0.325 e. The average molecular weight is 363 g/mol. The zero-order valence-corrected chi connectivity index (χ0v) is 13.9. The fourth-order valence-corrected chi connectivity index (χ4v) is 2.93. The minimum Gasteiger partial charge on any atom is -0.325 e. The number of aromatic nitrogens is 3. The zero-order chi connectivity index (χ0) is 16.9. The summed E-state index contributed by atoms with van der Waals surface area (Å²) in [4.78, 5) is 12.0. The normalized spacial score (nSPS) is 10.6. The predicted molar refractivity (Wildman–Crippen MR) is 92.1 cm³/mol. The van der Waals surface area contributed by atoms with E-state index in [0.29, 0.717) is 15.9 Å². The van der Waals surface area contributed by atoms with Crippen LogP contribution in [0.25, 0.3) is 5.69 Å². The lowest BCUT2D eigenvalue weighted by Gasteiger charge is -2.07. The molecular weight excluding hydrogens is 351 g/mol. The van der Waals surface area contributed by atoms with E-state index in [1.54, 1.807) is 29.1 Å². The number of thioether (sulfide) groups is 1. The van der Waals surface area contributed by atoms with Gasteiger partial charge >= 0.3 is 0 Å². The Balaban J connectivity index is 1.65. The van der Waals surface area contributed by atoms with Crippen LogP contribution in [0.2, 0.25) is 5.02 Å². The molecule has 1 heterocycles. The van der Waals surface area contributed by atoms with Crippen molar-refractivity contribution in [3.05, 3.63) is 65.7 Å². The molecule has 0 radical (unpaired) electrons. The minimum absolute atomic E-state index is 0.121. The second-order valence-electron chi connectivity index (χ2n) is 4.81. The molecule has 24 heavy (non-hydrogen) atoms. The molecule has 5 nitrogen and oxygen atoms in total. The molecule has 1 amide bonds. The van der Waals surface area contributed by atoms with Crippen LogP contribution in [0.3, 0.4) is 0 Å². The Hall–Kier alpha value is -2.38. The smallest absolute Gasteiger partial charge is 0.234 e. The maximum atomic E-state index is 13.1. The molecule has 1 aromatic heterocycles. The molecule has 1 N–H and O–H groups in total. The van der Waals surface area contributed by atoms with Gasteiger partial charge in [-0.2, -0.15) is 0 Å². The third-order valence-electron chi connectivity index (χ3n) is 3.04. The maximum Gasteiger partial charge on any atom is 0.234 e. The summed E-state index contributed by atoms with van der Waals surface area (Å²) in [5, 5.41) is 11.7. The molecule has 122 valence electrons. The first-order valence-electron chi connectivity index (χ1n) is 6.96. The Kier molecular flexibility index (Phi) is 5.12. The van der Waals surface area contributed by atoms with E-state index in [9.17, 15) is 9.18 Å². The molecule has 0 fully saturated rings. The van der Waals surface area contributed by atoms with Gasteiger partial charge in [-0.1, -0.05) is 35.5 Å². The summed E-state index contributed by atoms with van der Waals surface area (Å²) in [6.45, 7) is 0. The highest BCUT2D eigenvalue weighted by Crippen LogP contribution is 2.22. The summed E-state index contributed by atoms with van der Waals surface area (Å²) >= 11 is 7.22. The van der Waals surface area contributed by atoms with Crippen LogP contribution < -0.4 is 5.32 Å².